The van der Waals surface area contributed by atoms with E-state index in [0.29, 0.717) is 10.3 Å². The smallest absolute Gasteiger partial charge is 0.224 e. The molecule has 0 aliphatic heterocycles. The van der Waals surface area contributed by atoms with Gasteiger partial charge in [0.2, 0.25) is 11.4 Å². The molecule has 0 unspecified atom stereocenters. The van der Waals surface area contributed by atoms with Gasteiger partial charge in [-0.15, -0.1) is 0 Å². The highest BCUT2D eigenvalue weighted by Crippen LogP contribution is 2.37. The van der Waals surface area contributed by atoms with Crippen molar-refractivity contribution in [2.75, 3.05) is 0 Å². The Morgan fingerprint density at radius 1 is 0.944 bits per heavy atom. The molecule has 0 amide bonds. The summed E-state index contributed by atoms with van der Waals surface area (Å²) in [4.78, 5) is 0. The van der Waals surface area contributed by atoms with E-state index in [0.717, 1.165) is 12.1 Å². The van der Waals surface area contributed by atoms with Crippen molar-refractivity contribution in [3.63, 3.8) is 0 Å². The fourth-order valence-electron chi connectivity index (χ4n) is 1.47. The van der Waals surface area contributed by atoms with Crippen LogP contribution in [0.5, 0.6) is 17.2 Å². The molecule has 18 heavy (non-hydrogen) atoms. The Labute approximate surface area is 103 Å². The fourth-order valence-corrected chi connectivity index (χ4v) is 1.47. The quantitative estimate of drug-likeness (QED) is 0.248. The van der Waals surface area contributed by atoms with Gasteiger partial charge in [0.25, 0.3) is 0 Å². The van der Waals surface area contributed by atoms with Crippen LogP contribution in [0, 0.1) is 5.21 Å². The predicted octanol–water partition coefficient (Wildman–Crippen LogP) is 2.06. The summed E-state index contributed by atoms with van der Waals surface area (Å²) < 4.78 is 0.494. The lowest BCUT2D eigenvalue weighted by Gasteiger charge is -2.06. The summed E-state index contributed by atoms with van der Waals surface area (Å²) in [7, 11) is 0. The maximum absolute atomic E-state index is 11.8. The SMILES string of the molecule is [O-][N+](=Cc1ccccc1)c1cc(O)c(O)c(O)c1. The van der Waals surface area contributed by atoms with Crippen LogP contribution in [-0.2, 0) is 0 Å². The largest absolute Gasteiger partial charge is 0.618 e. The molecule has 0 saturated heterocycles. The van der Waals surface area contributed by atoms with Gasteiger partial charge in [0.15, 0.2) is 17.7 Å². The zero-order valence-electron chi connectivity index (χ0n) is 9.32. The Kier molecular flexibility index (Phi) is 3.05. The Morgan fingerprint density at radius 3 is 2.06 bits per heavy atom. The van der Waals surface area contributed by atoms with Crippen LogP contribution < -0.4 is 0 Å². The molecule has 0 spiro atoms. The summed E-state index contributed by atoms with van der Waals surface area (Å²) in [5.74, 6) is -1.74. The van der Waals surface area contributed by atoms with Crippen LogP contribution in [0.1, 0.15) is 5.56 Å². The molecular formula is C13H11NO4. The Morgan fingerprint density at radius 2 is 1.50 bits per heavy atom. The Hall–Kier alpha value is -2.69. The normalized spacial score (nSPS) is 11.4. The number of hydrogen-bond acceptors (Lipinski definition) is 4. The molecule has 0 bridgehead atoms. The topological polar surface area (TPSA) is 86.8 Å². The molecule has 0 aliphatic rings. The van der Waals surface area contributed by atoms with E-state index in [2.05, 4.69) is 0 Å². The van der Waals surface area contributed by atoms with E-state index in [1.165, 1.54) is 6.21 Å². The molecule has 0 radical (unpaired) electrons. The van der Waals surface area contributed by atoms with E-state index in [-0.39, 0.29) is 5.69 Å². The van der Waals surface area contributed by atoms with E-state index in [1.54, 1.807) is 24.3 Å². The number of aromatic hydroxyl groups is 3. The van der Waals surface area contributed by atoms with E-state index in [4.69, 9.17) is 0 Å². The average molecular weight is 245 g/mol. The predicted molar refractivity (Wildman–Crippen MR) is 66.3 cm³/mol. The number of benzene rings is 2. The van der Waals surface area contributed by atoms with Gasteiger partial charge in [-0.3, -0.25) is 0 Å². The summed E-state index contributed by atoms with van der Waals surface area (Å²) in [6.07, 6.45) is 1.30. The van der Waals surface area contributed by atoms with Gasteiger partial charge in [-0.25, -0.2) is 0 Å². The molecule has 92 valence electrons. The van der Waals surface area contributed by atoms with Gasteiger partial charge in [0.1, 0.15) is 0 Å². The van der Waals surface area contributed by atoms with Gasteiger partial charge in [0.05, 0.1) is 12.1 Å². The number of rotatable bonds is 2. The maximum Gasteiger partial charge on any atom is 0.224 e. The molecule has 0 atom stereocenters. The number of phenols is 3. The van der Waals surface area contributed by atoms with Crippen molar-refractivity contribution >= 4 is 11.9 Å². The molecule has 2 rings (SSSR count). The van der Waals surface area contributed by atoms with Crippen LogP contribution in [0.3, 0.4) is 0 Å². The fraction of sp³-hybridized carbons (Fsp3) is 0. The first-order valence-corrected chi connectivity index (χ1v) is 5.19. The molecule has 0 aliphatic carbocycles. The minimum Gasteiger partial charge on any atom is -0.618 e. The number of phenolic OH excluding ortho intramolecular Hbond substituents is 3. The first kappa shape index (κ1) is 11.8. The van der Waals surface area contributed by atoms with Gasteiger partial charge in [0, 0.05) is 5.56 Å². The van der Waals surface area contributed by atoms with Crippen LogP contribution in [0.2, 0.25) is 0 Å². The zero-order valence-corrected chi connectivity index (χ0v) is 9.32. The van der Waals surface area contributed by atoms with Crippen LogP contribution in [0.25, 0.3) is 0 Å². The van der Waals surface area contributed by atoms with Crippen molar-refractivity contribution in [3.05, 3.63) is 53.2 Å². The number of hydrogen-bond donors (Lipinski definition) is 3. The van der Waals surface area contributed by atoms with E-state index in [1.807, 2.05) is 6.07 Å². The zero-order chi connectivity index (χ0) is 13.1. The van der Waals surface area contributed by atoms with E-state index >= 15 is 0 Å². The Balaban J connectivity index is 2.40. The monoisotopic (exact) mass is 245 g/mol. The second-order valence-electron chi connectivity index (χ2n) is 3.70. The van der Waals surface area contributed by atoms with Gasteiger partial charge in [-0.05, 0) is 12.1 Å². The van der Waals surface area contributed by atoms with Gasteiger partial charge >= 0.3 is 0 Å². The molecular weight excluding hydrogens is 234 g/mol. The molecule has 0 saturated carbocycles. The van der Waals surface area contributed by atoms with Gasteiger partial charge in [-0.1, -0.05) is 18.2 Å². The molecule has 2 aromatic rings. The van der Waals surface area contributed by atoms with Crippen LogP contribution in [-0.4, -0.2) is 26.3 Å². The van der Waals surface area contributed by atoms with Crippen molar-refractivity contribution in [2.24, 2.45) is 0 Å². The summed E-state index contributed by atoms with van der Waals surface area (Å²) >= 11 is 0. The highest BCUT2D eigenvalue weighted by molar-refractivity contribution is 5.76. The molecule has 0 heterocycles. The first-order valence-electron chi connectivity index (χ1n) is 5.19. The number of nitrogens with zero attached hydrogens (tertiary/aromatic N) is 1. The summed E-state index contributed by atoms with van der Waals surface area (Å²) in [5, 5.41) is 39.6. The van der Waals surface area contributed by atoms with Crippen LogP contribution in [0.4, 0.5) is 5.69 Å². The molecule has 5 heteroatoms. The third-order valence-electron chi connectivity index (χ3n) is 2.37. The molecule has 3 N–H and O–H groups in total. The summed E-state index contributed by atoms with van der Waals surface area (Å²) in [6, 6.07) is 11.0. The lowest BCUT2D eigenvalue weighted by molar-refractivity contribution is -0.354. The highest BCUT2D eigenvalue weighted by atomic mass is 16.5. The van der Waals surface area contributed by atoms with Crippen LogP contribution in [0.15, 0.2) is 42.5 Å². The van der Waals surface area contributed by atoms with E-state index < -0.39 is 17.2 Å². The minimum atomic E-state index is -0.646. The maximum atomic E-state index is 11.8. The van der Waals surface area contributed by atoms with Crippen molar-refractivity contribution in [2.45, 2.75) is 0 Å². The van der Waals surface area contributed by atoms with Crippen LogP contribution >= 0.6 is 0 Å². The third-order valence-corrected chi connectivity index (χ3v) is 2.37. The van der Waals surface area contributed by atoms with Crippen molar-refractivity contribution in [1.82, 2.24) is 0 Å². The summed E-state index contributed by atoms with van der Waals surface area (Å²) in [5.41, 5.74) is 0.700. The second-order valence-corrected chi connectivity index (χ2v) is 3.70. The minimum absolute atomic E-state index is 0.0200. The third kappa shape index (κ3) is 2.35. The first-order chi connectivity index (χ1) is 8.58. The van der Waals surface area contributed by atoms with Crippen molar-refractivity contribution in [3.8, 4) is 17.2 Å². The highest BCUT2D eigenvalue weighted by Gasteiger charge is 2.12. The average Bonchev–Trinajstić information content (AvgIpc) is 2.36. The Bertz CT molecular complexity index is 570. The van der Waals surface area contributed by atoms with Gasteiger partial charge in [-0.2, -0.15) is 4.74 Å². The molecule has 0 aromatic heterocycles. The standard InChI is InChI=1S/C13H11NO4/c15-11-6-10(7-12(16)13(11)17)14(18)8-9-4-2-1-3-5-9/h1-8,15-17H. The molecule has 2 aromatic carbocycles. The van der Waals surface area contributed by atoms with Crippen molar-refractivity contribution in [1.29, 1.82) is 0 Å². The molecule has 5 nitrogen and oxygen atoms in total. The summed E-state index contributed by atoms with van der Waals surface area (Å²) in [6.45, 7) is 0. The van der Waals surface area contributed by atoms with E-state index in [9.17, 15) is 20.5 Å². The second kappa shape index (κ2) is 4.67. The lowest BCUT2D eigenvalue weighted by atomic mass is 10.2. The molecule has 0 fully saturated rings. The van der Waals surface area contributed by atoms with Gasteiger partial charge < -0.3 is 20.5 Å². The van der Waals surface area contributed by atoms with Crippen molar-refractivity contribution < 1.29 is 20.1 Å². The lowest BCUT2D eigenvalue weighted by Crippen LogP contribution is -1.98.